The SMILES string of the molecule is O=C(O)C1=C=NC=C(O)C1=O. The molecule has 5 nitrogen and oxygen atoms in total. The Labute approximate surface area is 61.0 Å². The largest absolute Gasteiger partial charge is 0.503 e. The fourth-order valence-electron chi connectivity index (χ4n) is 0.540. The van der Waals surface area contributed by atoms with Gasteiger partial charge in [0.05, 0.1) is 6.20 Å². The van der Waals surface area contributed by atoms with Gasteiger partial charge in [-0.3, -0.25) is 4.79 Å². The van der Waals surface area contributed by atoms with Crippen LogP contribution in [0.5, 0.6) is 0 Å². The number of ketones is 1. The van der Waals surface area contributed by atoms with E-state index in [1.165, 1.54) is 0 Å². The summed E-state index contributed by atoms with van der Waals surface area (Å²) in [6, 6.07) is 0. The highest BCUT2D eigenvalue weighted by Crippen LogP contribution is 2.04. The van der Waals surface area contributed by atoms with Gasteiger partial charge in [0.2, 0.25) is 5.78 Å². The summed E-state index contributed by atoms with van der Waals surface area (Å²) in [5, 5.41) is 17.0. The van der Waals surface area contributed by atoms with Crippen molar-refractivity contribution in [2.75, 3.05) is 0 Å². The van der Waals surface area contributed by atoms with Crippen molar-refractivity contribution in [3.8, 4) is 0 Å². The van der Waals surface area contributed by atoms with Crippen molar-refractivity contribution >= 4 is 17.6 Å². The summed E-state index contributed by atoms with van der Waals surface area (Å²) in [6.07, 6.45) is 0.842. The number of hydrogen-bond donors (Lipinski definition) is 2. The quantitative estimate of drug-likeness (QED) is 0.504. The first-order valence-electron chi connectivity index (χ1n) is 2.63. The summed E-state index contributed by atoms with van der Waals surface area (Å²) in [4.78, 5) is 24.1. The van der Waals surface area contributed by atoms with E-state index < -0.39 is 23.1 Å². The van der Waals surface area contributed by atoms with Gasteiger partial charge in [0, 0.05) is 5.87 Å². The van der Waals surface area contributed by atoms with Gasteiger partial charge >= 0.3 is 5.97 Å². The van der Waals surface area contributed by atoms with Crippen LogP contribution in [0.4, 0.5) is 0 Å². The first-order chi connectivity index (χ1) is 5.13. The fraction of sp³-hybridized carbons (Fsp3) is 0. The van der Waals surface area contributed by atoms with E-state index in [1.807, 2.05) is 5.87 Å². The average Bonchev–Trinajstić information content (AvgIpc) is 1.94. The van der Waals surface area contributed by atoms with Gasteiger partial charge in [0.1, 0.15) is 0 Å². The Morgan fingerprint density at radius 1 is 1.64 bits per heavy atom. The van der Waals surface area contributed by atoms with Crippen LogP contribution in [0.2, 0.25) is 0 Å². The summed E-state index contributed by atoms with van der Waals surface area (Å²) in [5.41, 5.74) is -0.648. The van der Waals surface area contributed by atoms with E-state index in [4.69, 9.17) is 10.2 Å². The van der Waals surface area contributed by atoms with E-state index in [-0.39, 0.29) is 0 Å². The predicted molar refractivity (Wildman–Crippen MR) is 34.3 cm³/mol. The molecule has 0 amide bonds. The monoisotopic (exact) mass is 153 g/mol. The molecule has 0 radical (unpaired) electrons. The molecule has 0 unspecified atom stereocenters. The minimum atomic E-state index is -1.45. The van der Waals surface area contributed by atoms with E-state index in [9.17, 15) is 9.59 Å². The molecule has 0 spiro atoms. The molecule has 0 aliphatic carbocycles. The Hall–Kier alpha value is -1.87. The lowest BCUT2D eigenvalue weighted by molar-refractivity contribution is -0.134. The minimum absolute atomic E-state index is 0.648. The van der Waals surface area contributed by atoms with E-state index in [1.54, 1.807) is 0 Å². The summed E-state index contributed by atoms with van der Waals surface area (Å²) in [7, 11) is 0. The lowest BCUT2D eigenvalue weighted by atomic mass is 10.1. The molecule has 56 valence electrons. The third-order valence-electron chi connectivity index (χ3n) is 1.04. The van der Waals surface area contributed by atoms with Gasteiger partial charge in [0.25, 0.3) is 0 Å². The molecule has 0 aromatic rings. The number of carboxylic acids is 1. The Morgan fingerprint density at radius 3 is 2.73 bits per heavy atom. The number of carbonyl (C=O) groups is 2. The first kappa shape index (κ1) is 7.24. The van der Waals surface area contributed by atoms with Crippen molar-refractivity contribution in [3.63, 3.8) is 0 Å². The smallest absolute Gasteiger partial charge is 0.349 e. The number of aliphatic carboxylic acids is 1. The van der Waals surface area contributed by atoms with Crippen molar-refractivity contribution in [1.29, 1.82) is 0 Å². The molecule has 0 aromatic carbocycles. The summed E-state index contributed by atoms with van der Waals surface area (Å²) >= 11 is 0. The second-order valence-corrected chi connectivity index (χ2v) is 1.76. The van der Waals surface area contributed by atoms with E-state index in [0.717, 1.165) is 6.20 Å². The van der Waals surface area contributed by atoms with Crippen LogP contribution >= 0.6 is 0 Å². The molecule has 1 heterocycles. The number of aliphatic imine (C=N–C) groups is 1. The number of allylic oxidation sites excluding steroid dienone is 1. The number of carbonyl (C=O) groups excluding carboxylic acids is 1. The van der Waals surface area contributed by atoms with Crippen LogP contribution in [0.1, 0.15) is 0 Å². The van der Waals surface area contributed by atoms with Gasteiger partial charge in [0.15, 0.2) is 11.3 Å². The molecule has 5 heteroatoms. The predicted octanol–water partition coefficient (Wildman–Crippen LogP) is -0.351. The summed E-state index contributed by atoms with van der Waals surface area (Å²) < 4.78 is 0. The highest BCUT2D eigenvalue weighted by Gasteiger charge is 2.22. The zero-order chi connectivity index (χ0) is 8.43. The van der Waals surface area contributed by atoms with Crippen LogP contribution in [-0.4, -0.2) is 27.8 Å². The number of rotatable bonds is 1. The molecule has 0 bridgehead atoms. The van der Waals surface area contributed by atoms with Crippen LogP contribution in [0.3, 0.4) is 0 Å². The molecule has 0 aromatic heterocycles. The highest BCUT2D eigenvalue weighted by atomic mass is 16.4. The van der Waals surface area contributed by atoms with Gasteiger partial charge in [-0.05, 0) is 0 Å². The van der Waals surface area contributed by atoms with E-state index in [2.05, 4.69) is 4.99 Å². The lowest BCUT2D eigenvalue weighted by Crippen LogP contribution is -2.16. The lowest BCUT2D eigenvalue weighted by Gasteiger charge is -1.98. The molecule has 2 N–H and O–H groups in total. The molecule has 1 aliphatic heterocycles. The molecule has 1 aliphatic rings. The Balaban J connectivity index is 3.13. The highest BCUT2D eigenvalue weighted by molar-refractivity contribution is 6.28. The molecule has 11 heavy (non-hydrogen) atoms. The normalized spacial score (nSPS) is 15.8. The van der Waals surface area contributed by atoms with Crippen LogP contribution in [0, 0.1) is 0 Å². The number of aliphatic hydroxyl groups is 1. The molecule has 0 saturated heterocycles. The fourth-order valence-corrected chi connectivity index (χ4v) is 0.540. The van der Waals surface area contributed by atoms with Crippen LogP contribution in [0.15, 0.2) is 22.5 Å². The number of aliphatic hydroxyl groups excluding tert-OH is 1. The van der Waals surface area contributed by atoms with Crippen molar-refractivity contribution in [1.82, 2.24) is 0 Å². The standard InChI is InChI=1S/C6H3NO4/c8-4-2-7-1-3(5(4)9)6(10)11/h2,8H,(H,10,11). The molecule has 0 saturated carbocycles. The van der Waals surface area contributed by atoms with Gasteiger partial charge in [-0.15, -0.1) is 0 Å². The Morgan fingerprint density at radius 2 is 2.27 bits per heavy atom. The maximum Gasteiger partial charge on any atom is 0.349 e. The minimum Gasteiger partial charge on any atom is -0.503 e. The Bertz CT molecular complexity index is 319. The maximum absolute atomic E-state index is 10.7. The molecule has 0 atom stereocenters. The molecular formula is C6H3NO4. The van der Waals surface area contributed by atoms with Crippen LogP contribution in [-0.2, 0) is 9.59 Å². The third-order valence-corrected chi connectivity index (χ3v) is 1.04. The zero-order valence-electron chi connectivity index (χ0n) is 5.24. The molecule has 1 rings (SSSR count). The summed E-state index contributed by atoms with van der Waals surface area (Å²) in [6.45, 7) is 0. The second kappa shape index (κ2) is 2.40. The van der Waals surface area contributed by atoms with Crippen molar-refractivity contribution in [2.24, 2.45) is 4.99 Å². The van der Waals surface area contributed by atoms with Crippen LogP contribution in [0.25, 0.3) is 0 Å². The second-order valence-electron chi connectivity index (χ2n) is 1.76. The average molecular weight is 153 g/mol. The van der Waals surface area contributed by atoms with Gasteiger partial charge in [-0.1, -0.05) is 0 Å². The third kappa shape index (κ3) is 1.17. The zero-order valence-corrected chi connectivity index (χ0v) is 5.24. The van der Waals surface area contributed by atoms with Crippen molar-refractivity contribution in [2.45, 2.75) is 0 Å². The number of Topliss-reactive ketones (excluding diaryl/α,β-unsaturated/α-hetero) is 1. The van der Waals surface area contributed by atoms with E-state index >= 15 is 0 Å². The number of nitrogens with zero attached hydrogens (tertiary/aromatic N) is 1. The van der Waals surface area contributed by atoms with Gasteiger partial charge in [-0.25, -0.2) is 9.79 Å². The number of hydrogen-bond acceptors (Lipinski definition) is 4. The number of carboxylic acid groups (broad SMARTS) is 1. The van der Waals surface area contributed by atoms with Crippen molar-refractivity contribution in [3.05, 3.63) is 17.5 Å². The van der Waals surface area contributed by atoms with E-state index in [0.29, 0.717) is 0 Å². The van der Waals surface area contributed by atoms with Gasteiger partial charge < -0.3 is 10.2 Å². The van der Waals surface area contributed by atoms with Crippen LogP contribution < -0.4 is 0 Å². The summed E-state index contributed by atoms with van der Waals surface area (Å²) in [5.74, 6) is -1.14. The van der Waals surface area contributed by atoms with Gasteiger partial charge in [-0.2, -0.15) is 0 Å². The first-order valence-corrected chi connectivity index (χ1v) is 2.63. The van der Waals surface area contributed by atoms with Crippen molar-refractivity contribution < 1.29 is 19.8 Å². The maximum atomic E-state index is 10.7. The molecule has 0 fully saturated rings. The topological polar surface area (TPSA) is 87.0 Å². The Kier molecular flexibility index (Phi) is 1.58. The molecular weight excluding hydrogens is 150 g/mol.